The number of carbonyl (C=O) groups excluding carboxylic acids is 2. The van der Waals surface area contributed by atoms with Crippen molar-refractivity contribution in [1.82, 2.24) is 19.9 Å². The highest BCUT2D eigenvalue weighted by atomic mass is 19.4. The molecule has 3 heterocycles. The summed E-state index contributed by atoms with van der Waals surface area (Å²) in [6, 6.07) is 4.17. The molecule has 5 rings (SSSR count). The number of fused-ring (bicyclic) bond motifs is 1. The van der Waals surface area contributed by atoms with E-state index in [9.17, 15) is 45.8 Å². The smallest absolute Gasteiger partial charge is 0.478 e. The Balaban J connectivity index is 0.000000566. The van der Waals surface area contributed by atoms with Crippen molar-refractivity contribution in [3.63, 3.8) is 0 Å². The van der Waals surface area contributed by atoms with E-state index in [1.807, 2.05) is 0 Å². The summed E-state index contributed by atoms with van der Waals surface area (Å²) in [7, 11) is 0. The van der Waals surface area contributed by atoms with Gasteiger partial charge in [-0.3, -0.25) is 19.6 Å². The van der Waals surface area contributed by atoms with Crippen molar-refractivity contribution < 1.29 is 60.5 Å². The van der Waals surface area contributed by atoms with E-state index in [4.69, 9.17) is 14.6 Å². The molecule has 2 N–H and O–H groups in total. The van der Waals surface area contributed by atoms with Crippen LogP contribution in [0.4, 0.5) is 36.8 Å². The van der Waals surface area contributed by atoms with Crippen molar-refractivity contribution in [1.29, 1.82) is 0 Å². The molecule has 1 saturated carbocycles. The van der Waals surface area contributed by atoms with Gasteiger partial charge in [0.05, 0.1) is 33.9 Å². The van der Waals surface area contributed by atoms with Crippen molar-refractivity contribution >= 4 is 40.5 Å². The highest BCUT2D eigenvalue weighted by molar-refractivity contribution is 6.12. The van der Waals surface area contributed by atoms with Gasteiger partial charge in [0.1, 0.15) is 19.0 Å². The second kappa shape index (κ2) is 12.3. The highest BCUT2D eigenvalue weighted by Crippen LogP contribution is 2.34. The van der Waals surface area contributed by atoms with Crippen LogP contribution in [0.1, 0.15) is 41.6 Å². The summed E-state index contributed by atoms with van der Waals surface area (Å²) in [6.45, 7) is -0.358. The fourth-order valence-corrected chi connectivity index (χ4v) is 4.65. The van der Waals surface area contributed by atoms with Crippen LogP contribution in [0.2, 0.25) is 0 Å². The summed E-state index contributed by atoms with van der Waals surface area (Å²) >= 11 is 0. The minimum atomic E-state index is -5.08. The molecule has 2 aliphatic rings. The summed E-state index contributed by atoms with van der Waals surface area (Å²) in [5, 5.41) is 16.9. The van der Waals surface area contributed by atoms with E-state index in [1.54, 1.807) is 6.07 Å². The van der Waals surface area contributed by atoms with Crippen LogP contribution in [-0.2, 0) is 15.8 Å². The maximum atomic E-state index is 13.1. The molecule has 1 aliphatic heterocycles. The van der Waals surface area contributed by atoms with Gasteiger partial charge in [0.25, 0.3) is 5.91 Å². The summed E-state index contributed by atoms with van der Waals surface area (Å²) in [5.41, 5.74) is -0.573. The third-order valence-corrected chi connectivity index (χ3v) is 6.74. The average molecular weight is 629 g/mol. The molecular weight excluding hydrogens is 608 g/mol. The number of amides is 3. The Morgan fingerprint density at radius 3 is 2.18 bits per heavy atom. The number of rotatable bonds is 5. The molecule has 1 saturated heterocycles. The number of aliphatic carboxylic acids is 1. The summed E-state index contributed by atoms with van der Waals surface area (Å²) in [5.74, 6) is -4.01. The van der Waals surface area contributed by atoms with Crippen LogP contribution in [0.3, 0.4) is 0 Å². The number of urea groups is 1. The number of alkyl halides is 6. The number of aromatic carboxylic acids is 1. The Bertz CT molecular complexity index is 1590. The fourth-order valence-electron chi connectivity index (χ4n) is 4.65. The van der Waals surface area contributed by atoms with Crippen LogP contribution in [0.5, 0.6) is 5.88 Å². The zero-order chi connectivity index (χ0) is 32.4. The van der Waals surface area contributed by atoms with E-state index in [0.717, 1.165) is 22.1 Å². The van der Waals surface area contributed by atoms with E-state index >= 15 is 0 Å². The number of carbonyl (C=O) groups is 4. The highest BCUT2D eigenvalue weighted by Gasteiger charge is 2.43. The molecule has 0 radical (unpaired) electrons. The molecule has 44 heavy (non-hydrogen) atoms. The summed E-state index contributed by atoms with van der Waals surface area (Å²) in [4.78, 5) is 59.8. The molecular formula is C26H21F6N5O7. The number of hydrogen-bond donors (Lipinski definition) is 2. The zero-order valence-corrected chi connectivity index (χ0v) is 22.2. The number of hydrogen-bond acceptors (Lipinski definition) is 8. The molecule has 0 bridgehead atoms. The molecule has 234 valence electrons. The molecule has 0 spiro atoms. The number of ether oxygens (including phenoxy) is 1. The molecule has 3 aromatic rings. The molecule has 12 nitrogen and oxygen atoms in total. The normalized spacial score (nSPS) is 19.0. The van der Waals surface area contributed by atoms with Crippen LogP contribution in [0, 0.1) is 0 Å². The third-order valence-electron chi connectivity index (χ3n) is 6.74. The average Bonchev–Trinajstić information content (AvgIpc) is 3.26. The largest absolute Gasteiger partial charge is 0.490 e. The van der Waals surface area contributed by atoms with Crippen molar-refractivity contribution in [3.8, 4) is 5.88 Å². The van der Waals surface area contributed by atoms with E-state index in [-0.39, 0.29) is 23.9 Å². The van der Waals surface area contributed by atoms with Gasteiger partial charge in [0.2, 0.25) is 5.88 Å². The monoisotopic (exact) mass is 629 g/mol. The van der Waals surface area contributed by atoms with Crippen LogP contribution in [0.25, 0.3) is 10.9 Å². The molecule has 18 heteroatoms. The predicted molar refractivity (Wildman–Crippen MR) is 136 cm³/mol. The number of halogens is 6. The second-order valence-corrected chi connectivity index (χ2v) is 9.63. The topological polar surface area (TPSA) is 163 Å². The number of pyridine rings is 1. The first kappa shape index (κ1) is 31.9. The van der Waals surface area contributed by atoms with Gasteiger partial charge >= 0.3 is 30.3 Å². The Hall–Kier alpha value is -5.03. The number of anilines is 1. The minimum absolute atomic E-state index is 0.0885. The van der Waals surface area contributed by atoms with Gasteiger partial charge in [-0.1, -0.05) is 0 Å². The Morgan fingerprint density at radius 1 is 0.932 bits per heavy atom. The zero-order valence-electron chi connectivity index (χ0n) is 22.2. The maximum Gasteiger partial charge on any atom is 0.490 e. The number of imide groups is 1. The molecule has 0 unspecified atom stereocenters. The number of benzene rings is 1. The van der Waals surface area contributed by atoms with Gasteiger partial charge in [0.15, 0.2) is 0 Å². The number of nitrogens with zero attached hydrogens (tertiary/aromatic N) is 5. The Morgan fingerprint density at radius 2 is 1.59 bits per heavy atom. The van der Waals surface area contributed by atoms with Gasteiger partial charge in [-0.25, -0.2) is 24.4 Å². The van der Waals surface area contributed by atoms with E-state index in [0.29, 0.717) is 48.7 Å². The Kier molecular flexibility index (Phi) is 8.91. The number of aromatic nitrogens is 3. The lowest BCUT2D eigenvalue weighted by Gasteiger charge is -2.33. The van der Waals surface area contributed by atoms with Crippen molar-refractivity contribution in [2.45, 2.75) is 50.2 Å². The van der Waals surface area contributed by atoms with E-state index in [2.05, 4.69) is 15.0 Å². The summed E-state index contributed by atoms with van der Waals surface area (Å²) in [6.07, 6.45) is -4.99. The van der Waals surface area contributed by atoms with Gasteiger partial charge in [0, 0.05) is 12.2 Å². The lowest BCUT2D eigenvalue weighted by molar-refractivity contribution is -0.192. The quantitative estimate of drug-likeness (QED) is 0.303. The van der Waals surface area contributed by atoms with Crippen LogP contribution < -0.4 is 9.64 Å². The first-order chi connectivity index (χ1) is 20.6. The van der Waals surface area contributed by atoms with Crippen LogP contribution in [0.15, 0.2) is 43.0 Å². The molecule has 2 aromatic heterocycles. The van der Waals surface area contributed by atoms with Gasteiger partial charge in [-0.05, 0) is 49.9 Å². The third kappa shape index (κ3) is 7.12. The lowest BCUT2D eigenvalue weighted by Crippen LogP contribution is -2.44. The summed E-state index contributed by atoms with van der Waals surface area (Å²) < 4.78 is 77.0. The van der Waals surface area contributed by atoms with E-state index in [1.165, 1.54) is 18.5 Å². The van der Waals surface area contributed by atoms with E-state index < -0.39 is 47.8 Å². The fraction of sp³-hybridized carbons (Fsp3) is 0.346. The number of carboxylic acids is 2. The molecule has 3 amide bonds. The molecule has 1 aromatic carbocycles. The van der Waals surface area contributed by atoms with Gasteiger partial charge < -0.3 is 14.9 Å². The molecule has 2 fully saturated rings. The van der Waals surface area contributed by atoms with Crippen LogP contribution >= 0.6 is 0 Å². The predicted octanol–water partition coefficient (Wildman–Crippen LogP) is 4.53. The standard InChI is InChI=1S/C24H20F3N5O5.C2HF3O2/c25-24(26,27)14-8-16(10-28-9-14)31-11-20(33)32(23(31)36)15-2-4-17(5-3-15)37-21-18-6-1-13(22(34)35)7-19(18)29-12-30-21;3-2(4,5)1(6)7/h1,6-10,12,15,17H,2-5,11H2,(H,34,35);(H,6,7)/t15-,17-;. The maximum absolute atomic E-state index is 13.1. The van der Waals surface area contributed by atoms with Crippen molar-refractivity contribution in [2.75, 3.05) is 11.4 Å². The molecule has 1 aliphatic carbocycles. The lowest BCUT2D eigenvalue weighted by atomic mass is 9.92. The minimum Gasteiger partial charge on any atom is -0.478 e. The van der Waals surface area contributed by atoms with Crippen LogP contribution in [-0.4, -0.2) is 78.8 Å². The Labute approximate surface area is 242 Å². The van der Waals surface area contributed by atoms with Gasteiger partial charge in [-0.2, -0.15) is 26.3 Å². The number of carboxylic acid groups (broad SMARTS) is 2. The van der Waals surface area contributed by atoms with Gasteiger partial charge in [-0.15, -0.1) is 0 Å². The van der Waals surface area contributed by atoms with Crippen molar-refractivity contribution in [3.05, 3.63) is 54.1 Å². The first-order valence-corrected chi connectivity index (χ1v) is 12.7. The van der Waals surface area contributed by atoms with Crippen molar-refractivity contribution in [2.24, 2.45) is 0 Å². The first-order valence-electron chi connectivity index (χ1n) is 12.7. The SMILES string of the molecule is O=C(O)C(F)(F)F.O=C(O)c1ccc2c(O[C@H]3CC[C@H](N4C(=O)CN(c5cncc(C(F)(F)F)c5)C4=O)CC3)ncnc2c1. The molecule has 0 atom stereocenters. The second-order valence-electron chi connectivity index (χ2n) is 9.63.